The Kier molecular flexibility index (Phi) is 8.86. The molecule has 0 fully saturated rings. The van der Waals surface area contributed by atoms with Gasteiger partial charge in [0.1, 0.15) is 6.04 Å². The number of carbonyl (C=O) groups is 2. The number of methoxy groups -OCH3 is 1. The quantitative estimate of drug-likeness (QED) is 0.375. The van der Waals surface area contributed by atoms with Crippen molar-refractivity contribution in [3.05, 3.63) is 80.2 Å². The average molecular weight is 520 g/mol. The van der Waals surface area contributed by atoms with Gasteiger partial charge in [0.25, 0.3) is 11.5 Å². The van der Waals surface area contributed by atoms with Crippen LogP contribution in [0.3, 0.4) is 0 Å². The zero-order valence-corrected chi connectivity index (χ0v) is 20.2. The highest BCUT2D eigenvalue weighted by Crippen LogP contribution is 2.26. The molecule has 3 rings (SSSR count). The van der Waals surface area contributed by atoms with Crippen LogP contribution in [0.4, 0.5) is 0 Å². The lowest BCUT2D eigenvalue weighted by atomic mass is 10.0. The predicted molar refractivity (Wildman–Crippen MR) is 131 cm³/mol. The SMILES string of the molecule is COc1cnn(CCO)c(=O)c1-c1ccc(CC[C@H](NC(=O)c2c(Cl)cccc2Cl)C(=O)O)cc1. The molecule has 1 heterocycles. The van der Waals surface area contributed by atoms with Gasteiger partial charge in [0.05, 0.1) is 47.6 Å². The van der Waals surface area contributed by atoms with E-state index in [0.29, 0.717) is 23.3 Å². The summed E-state index contributed by atoms with van der Waals surface area (Å²) in [6.07, 6.45) is 1.87. The number of hydrogen-bond acceptors (Lipinski definition) is 6. The van der Waals surface area contributed by atoms with Crippen LogP contribution >= 0.6 is 23.2 Å². The minimum Gasteiger partial charge on any atom is -0.494 e. The van der Waals surface area contributed by atoms with Gasteiger partial charge in [-0.3, -0.25) is 9.59 Å². The summed E-state index contributed by atoms with van der Waals surface area (Å²) in [5.74, 6) is -1.57. The fourth-order valence-corrected chi connectivity index (χ4v) is 4.07. The van der Waals surface area contributed by atoms with Crippen LogP contribution in [-0.2, 0) is 17.8 Å². The highest BCUT2D eigenvalue weighted by molar-refractivity contribution is 6.39. The van der Waals surface area contributed by atoms with Crippen molar-refractivity contribution in [2.24, 2.45) is 0 Å². The number of nitrogens with one attached hydrogen (secondary N) is 1. The number of nitrogens with zero attached hydrogens (tertiary/aromatic N) is 2. The van der Waals surface area contributed by atoms with Gasteiger partial charge < -0.3 is 20.3 Å². The molecular formula is C24H23Cl2N3O6. The summed E-state index contributed by atoms with van der Waals surface area (Å²) in [5, 5.41) is 25.4. The molecule has 0 saturated heterocycles. The Morgan fingerprint density at radius 2 is 1.80 bits per heavy atom. The monoisotopic (exact) mass is 519 g/mol. The summed E-state index contributed by atoms with van der Waals surface area (Å²) in [6, 6.07) is 10.4. The second kappa shape index (κ2) is 11.8. The number of carboxylic acid groups (broad SMARTS) is 1. The summed E-state index contributed by atoms with van der Waals surface area (Å²) in [7, 11) is 1.43. The van der Waals surface area contributed by atoms with E-state index in [1.54, 1.807) is 30.3 Å². The largest absolute Gasteiger partial charge is 0.494 e. The van der Waals surface area contributed by atoms with Gasteiger partial charge in [-0.2, -0.15) is 5.10 Å². The van der Waals surface area contributed by atoms with Gasteiger partial charge in [0.2, 0.25) is 0 Å². The first kappa shape index (κ1) is 26.2. The van der Waals surface area contributed by atoms with Gasteiger partial charge in [-0.15, -0.1) is 0 Å². The van der Waals surface area contributed by atoms with Crippen LogP contribution in [0.25, 0.3) is 11.1 Å². The number of benzene rings is 2. The number of halogens is 2. The van der Waals surface area contributed by atoms with Gasteiger partial charge in [-0.25, -0.2) is 9.48 Å². The fourth-order valence-electron chi connectivity index (χ4n) is 3.50. The summed E-state index contributed by atoms with van der Waals surface area (Å²) in [4.78, 5) is 37.1. The van der Waals surface area contributed by atoms with Gasteiger partial charge in [-0.05, 0) is 36.1 Å². The lowest BCUT2D eigenvalue weighted by Crippen LogP contribution is -2.41. The van der Waals surface area contributed by atoms with Crippen molar-refractivity contribution in [2.75, 3.05) is 13.7 Å². The second-order valence-corrected chi connectivity index (χ2v) is 8.35. The molecule has 0 bridgehead atoms. The maximum atomic E-state index is 12.8. The topological polar surface area (TPSA) is 131 Å². The van der Waals surface area contributed by atoms with Gasteiger partial charge >= 0.3 is 5.97 Å². The van der Waals surface area contributed by atoms with Crippen molar-refractivity contribution in [3.8, 4) is 16.9 Å². The van der Waals surface area contributed by atoms with Crippen LogP contribution in [0.5, 0.6) is 5.75 Å². The van der Waals surface area contributed by atoms with Gasteiger partial charge in [-0.1, -0.05) is 53.5 Å². The number of aliphatic hydroxyl groups excluding tert-OH is 1. The van der Waals surface area contributed by atoms with E-state index in [-0.39, 0.29) is 35.2 Å². The predicted octanol–water partition coefficient (Wildman–Crippen LogP) is 3.03. The number of aliphatic carboxylic acids is 1. The highest BCUT2D eigenvalue weighted by atomic mass is 35.5. The molecule has 0 saturated carbocycles. The molecule has 3 N–H and O–H groups in total. The number of ether oxygens (including phenoxy) is 1. The van der Waals surface area contributed by atoms with E-state index in [1.807, 2.05) is 0 Å². The molecule has 11 heteroatoms. The number of hydrogen-bond donors (Lipinski definition) is 3. The molecule has 35 heavy (non-hydrogen) atoms. The maximum Gasteiger partial charge on any atom is 0.326 e. The van der Waals surface area contributed by atoms with E-state index in [0.717, 1.165) is 10.2 Å². The summed E-state index contributed by atoms with van der Waals surface area (Å²) in [5.41, 5.74) is 1.30. The van der Waals surface area contributed by atoms with Crippen LogP contribution < -0.4 is 15.6 Å². The molecule has 0 aliphatic rings. The Labute approximate surface area is 210 Å². The van der Waals surface area contributed by atoms with Gasteiger partial charge in [0.15, 0.2) is 5.75 Å². The molecule has 0 aliphatic heterocycles. The summed E-state index contributed by atoms with van der Waals surface area (Å²) in [6.45, 7) is -0.183. The van der Waals surface area contributed by atoms with E-state index in [1.165, 1.54) is 25.4 Å². The van der Waals surface area contributed by atoms with E-state index in [4.69, 9.17) is 33.0 Å². The molecule has 0 unspecified atom stereocenters. The zero-order valence-electron chi connectivity index (χ0n) is 18.7. The van der Waals surface area contributed by atoms with Crippen LogP contribution in [0.2, 0.25) is 10.0 Å². The Balaban J connectivity index is 1.75. The van der Waals surface area contributed by atoms with Crippen molar-refractivity contribution in [1.29, 1.82) is 0 Å². The second-order valence-electron chi connectivity index (χ2n) is 7.54. The number of aryl methyl sites for hydroxylation is 1. The Morgan fingerprint density at radius 1 is 1.14 bits per heavy atom. The fraction of sp³-hybridized carbons (Fsp3) is 0.250. The number of aromatic nitrogens is 2. The van der Waals surface area contributed by atoms with E-state index in [9.17, 15) is 19.5 Å². The lowest BCUT2D eigenvalue weighted by Gasteiger charge is -2.16. The molecule has 184 valence electrons. The van der Waals surface area contributed by atoms with Crippen LogP contribution in [0.15, 0.2) is 53.5 Å². The van der Waals surface area contributed by atoms with Crippen LogP contribution in [0, 0.1) is 0 Å². The van der Waals surface area contributed by atoms with E-state index >= 15 is 0 Å². The number of aliphatic hydroxyl groups is 1. The number of carbonyl (C=O) groups excluding carboxylic acids is 1. The standard InChI is InChI=1S/C24H23Cl2N3O6/c1-35-19-13-27-29(11-12-30)23(32)20(19)15-8-5-14(6-9-15)7-10-18(24(33)34)28-22(31)21-16(25)3-2-4-17(21)26/h2-6,8-9,13,18,30H,7,10-12H2,1H3,(H,28,31)(H,33,34)/t18-/m0/s1. The lowest BCUT2D eigenvalue weighted by molar-refractivity contribution is -0.139. The molecule has 0 spiro atoms. The highest BCUT2D eigenvalue weighted by Gasteiger charge is 2.23. The van der Waals surface area contributed by atoms with Gasteiger partial charge in [0, 0.05) is 0 Å². The molecule has 9 nitrogen and oxygen atoms in total. The Hall–Kier alpha value is -3.40. The summed E-state index contributed by atoms with van der Waals surface area (Å²) >= 11 is 12.1. The molecule has 1 amide bonds. The third-order valence-electron chi connectivity index (χ3n) is 5.30. The zero-order chi connectivity index (χ0) is 25.5. The molecule has 2 aromatic carbocycles. The molecule has 0 aliphatic carbocycles. The number of carboxylic acids is 1. The van der Waals surface area contributed by atoms with Crippen molar-refractivity contribution >= 4 is 35.1 Å². The molecule has 3 aromatic rings. The normalized spacial score (nSPS) is 11.7. The minimum absolute atomic E-state index is 0.0181. The Bertz CT molecular complexity index is 1260. The van der Waals surface area contributed by atoms with Crippen LogP contribution in [0.1, 0.15) is 22.3 Å². The first-order valence-electron chi connectivity index (χ1n) is 10.6. The van der Waals surface area contributed by atoms with Crippen LogP contribution in [-0.4, -0.2) is 51.6 Å². The van der Waals surface area contributed by atoms with Crippen molar-refractivity contribution in [2.45, 2.75) is 25.4 Å². The number of rotatable bonds is 10. The van der Waals surface area contributed by atoms with Crippen molar-refractivity contribution < 1.29 is 24.5 Å². The maximum absolute atomic E-state index is 12.8. The Morgan fingerprint density at radius 3 is 2.37 bits per heavy atom. The number of amides is 1. The minimum atomic E-state index is -1.19. The van der Waals surface area contributed by atoms with E-state index < -0.39 is 23.5 Å². The molecule has 0 radical (unpaired) electrons. The van der Waals surface area contributed by atoms with Crippen molar-refractivity contribution in [1.82, 2.24) is 15.1 Å². The third kappa shape index (κ3) is 6.19. The van der Waals surface area contributed by atoms with E-state index in [2.05, 4.69) is 10.4 Å². The molecule has 1 atom stereocenters. The first-order chi connectivity index (χ1) is 16.8. The first-order valence-corrected chi connectivity index (χ1v) is 11.3. The van der Waals surface area contributed by atoms with Crippen molar-refractivity contribution in [3.63, 3.8) is 0 Å². The molecular weight excluding hydrogens is 497 g/mol. The smallest absolute Gasteiger partial charge is 0.326 e. The average Bonchev–Trinajstić information content (AvgIpc) is 2.83. The third-order valence-corrected chi connectivity index (χ3v) is 5.93. The summed E-state index contributed by atoms with van der Waals surface area (Å²) < 4.78 is 6.43. The molecule has 1 aromatic heterocycles.